The molecule has 0 radical (unpaired) electrons. The van der Waals surface area contributed by atoms with Gasteiger partial charge in [-0.3, -0.25) is 4.90 Å². The molecule has 5 atom stereocenters. The van der Waals surface area contributed by atoms with Crippen molar-refractivity contribution in [3.63, 3.8) is 0 Å². The van der Waals surface area contributed by atoms with Crippen molar-refractivity contribution in [1.82, 2.24) is 10.2 Å². The van der Waals surface area contributed by atoms with Gasteiger partial charge in [0.1, 0.15) is 18.3 Å². The van der Waals surface area contributed by atoms with E-state index in [1.807, 2.05) is 0 Å². The highest BCUT2D eigenvalue weighted by Gasteiger charge is 2.53. The maximum atomic E-state index is 12.7. The van der Waals surface area contributed by atoms with Gasteiger partial charge in [0, 0.05) is 6.20 Å². The van der Waals surface area contributed by atoms with Gasteiger partial charge in [-0.1, -0.05) is 41.5 Å². The first-order chi connectivity index (χ1) is 14.3. The molecule has 2 aliphatic heterocycles. The standard InChI is InChI=1S/C22H44N2O6Si2/c1-14-12-24(20(27)23-18(14)26)19-17(30-32(10,11)22(5,6)7)16(25)15(29-19)13-28-31(8,9)21(2,3)4/h12,15-19,25-26H,13H2,1-11H3,(H,23,27)/t15-,16-,17-,18?,19-/m1/s1. The summed E-state index contributed by atoms with van der Waals surface area (Å²) in [5.41, 5.74) is 0.578. The predicted octanol–water partition coefficient (Wildman–Crippen LogP) is 3.73. The first kappa shape index (κ1) is 27.5. The second-order valence-electron chi connectivity index (χ2n) is 12.1. The summed E-state index contributed by atoms with van der Waals surface area (Å²) in [6.07, 6.45) is -2.60. The molecule has 2 aliphatic rings. The lowest BCUT2D eigenvalue weighted by molar-refractivity contribution is -0.0649. The van der Waals surface area contributed by atoms with Gasteiger partial charge in [0.25, 0.3) is 0 Å². The number of hydrogen-bond acceptors (Lipinski definition) is 6. The molecule has 2 rings (SSSR count). The third-order valence-corrected chi connectivity index (χ3v) is 16.5. The number of urea groups is 1. The number of amides is 2. The van der Waals surface area contributed by atoms with Gasteiger partial charge in [-0.25, -0.2) is 4.79 Å². The minimum atomic E-state index is -2.29. The zero-order chi connectivity index (χ0) is 24.9. The van der Waals surface area contributed by atoms with Crippen LogP contribution in [0, 0.1) is 0 Å². The fraction of sp³-hybridized carbons (Fsp3) is 0.864. The SMILES string of the molecule is CC1=CN([C@@H]2O[C@H](CO[Si](C)(C)C(C)(C)C)[C@@H](O)[C@H]2O[Si](C)(C)C(C)(C)C)C(=O)NC1O. The molecule has 186 valence electrons. The summed E-state index contributed by atoms with van der Waals surface area (Å²) in [6, 6.07) is -0.491. The van der Waals surface area contributed by atoms with Crippen LogP contribution in [0.5, 0.6) is 0 Å². The topological polar surface area (TPSA) is 100 Å². The zero-order valence-corrected chi connectivity index (χ0v) is 23.6. The van der Waals surface area contributed by atoms with Crippen LogP contribution in [-0.4, -0.2) is 75.2 Å². The Balaban J connectivity index is 2.33. The van der Waals surface area contributed by atoms with E-state index in [1.54, 1.807) is 13.1 Å². The minimum absolute atomic E-state index is 0.0236. The molecule has 32 heavy (non-hydrogen) atoms. The van der Waals surface area contributed by atoms with E-state index in [0.717, 1.165) is 0 Å². The quantitative estimate of drug-likeness (QED) is 0.493. The molecule has 0 saturated carbocycles. The Kier molecular flexibility index (Phi) is 7.84. The van der Waals surface area contributed by atoms with E-state index in [9.17, 15) is 15.0 Å². The molecule has 10 heteroatoms. The van der Waals surface area contributed by atoms with Crippen LogP contribution >= 0.6 is 0 Å². The lowest BCUT2D eigenvalue weighted by Crippen LogP contribution is -2.57. The van der Waals surface area contributed by atoms with E-state index in [4.69, 9.17) is 13.6 Å². The van der Waals surface area contributed by atoms with Crippen LogP contribution in [0.4, 0.5) is 4.79 Å². The summed E-state index contributed by atoms with van der Waals surface area (Å²) >= 11 is 0. The summed E-state index contributed by atoms with van der Waals surface area (Å²) in [6.45, 7) is 23.3. The molecule has 2 amide bonds. The second kappa shape index (κ2) is 9.12. The number of rotatable bonds is 6. The molecule has 0 bridgehead atoms. The van der Waals surface area contributed by atoms with Crippen molar-refractivity contribution in [2.24, 2.45) is 0 Å². The molecule has 0 aromatic carbocycles. The van der Waals surface area contributed by atoms with E-state index in [2.05, 4.69) is 73.0 Å². The van der Waals surface area contributed by atoms with Crippen molar-refractivity contribution >= 4 is 22.7 Å². The average Bonchev–Trinajstić information content (AvgIpc) is 2.90. The molecule has 0 aliphatic carbocycles. The summed E-state index contributed by atoms with van der Waals surface area (Å²) in [5.74, 6) is 0. The van der Waals surface area contributed by atoms with Crippen LogP contribution < -0.4 is 5.32 Å². The third-order valence-electron chi connectivity index (χ3n) is 7.51. The fourth-order valence-electron chi connectivity index (χ4n) is 3.07. The number of nitrogens with one attached hydrogen (secondary N) is 1. The van der Waals surface area contributed by atoms with Crippen LogP contribution in [-0.2, 0) is 13.6 Å². The second-order valence-corrected chi connectivity index (χ2v) is 21.7. The minimum Gasteiger partial charge on any atom is -0.414 e. The zero-order valence-electron chi connectivity index (χ0n) is 21.6. The largest absolute Gasteiger partial charge is 0.414 e. The number of nitrogens with zero attached hydrogens (tertiary/aromatic N) is 1. The van der Waals surface area contributed by atoms with Crippen molar-refractivity contribution in [2.45, 2.75) is 115 Å². The van der Waals surface area contributed by atoms with Gasteiger partial charge in [-0.05, 0) is 48.8 Å². The summed E-state index contributed by atoms with van der Waals surface area (Å²) in [4.78, 5) is 14.1. The van der Waals surface area contributed by atoms with Crippen LogP contribution in [0.15, 0.2) is 11.8 Å². The van der Waals surface area contributed by atoms with Crippen molar-refractivity contribution < 1.29 is 28.6 Å². The van der Waals surface area contributed by atoms with Crippen LogP contribution in [0.25, 0.3) is 0 Å². The van der Waals surface area contributed by atoms with Crippen LogP contribution in [0.2, 0.25) is 36.3 Å². The Bertz CT molecular complexity index is 729. The first-order valence-electron chi connectivity index (χ1n) is 11.4. The molecular weight excluding hydrogens is 444 g/mol. The van der Waals surface area contributed by atoms with E-state index in [1.165, 1.54) is 4.90 Å². The maximum absolute atomic E-state index is 12.7. The van der Waals surface area contributed by atoms with Gasteiger partial charge >= 0.3 is 6.03 Å². The molecule has 2 heterocycles. The van der Waals surface area contributed by atoms with E-state index < -0.39 is 53.4 Å². The Morgan fingerprint density at radius 2 is 1.59 bits per heavy atom. The molecule has 8 nitrogen and oxygen atoms in total. The van der Waals surface area contributed by atoms with Crippen LogP contribution in [0.3, 0.4) is 0 Å². The van der Waals surface area contributed by atoms with Gasteiger partial charge in [0.15, 0.2) is 29.1 Å². The molecule has 1 saturated heterocycles. The Labute approximate surface area is 195 Å². The van der Waals surface area contributed by atoms with Gasteiger partial charge in [0.2, 0.25) is 0 Å². The lowest BCUT2D eigenvalue weighted by Gasteiger charge is -2.42. The monoisotopic (exact) mass is 488 g/mol. The number of carbonyl (C=O) groups excluding carboxylic acids is 1. The maximum Gasteiger partial charge on any atom is 0.325 e. The van der Waals surface area contributed by atoms with Gasteiger partial charge < -0.3 is 29.1 Å². The summed E-state index contributed by atoms with van der Waals surface area (Å²) in [5, 5.41) is 23.7. The average molecular weight is 489 g/mol. The predicted molar refractivity (Wildman–Crippen MR) is 130 cm³/mol. The van der Waals surface area contributed by atoms with Gasteiger partial charge in [-0.2, -0.15) is 0 Å². The molecule has 0 aromatic heterocycles. The van der Waals surface area contributed by atoms with Crippen molar-refractivity contribution in [2.75, 3.05) is 6.61 Å². The number of carbonyl (C=O) groups is 1. The lowest BCUT2D eigenvalue weighted by atomic mass is 10.1. The van der Waals surface area contributed by atoms with Gasteiger partial charge in [0.05, 0.1) is 6.61 Å². The Morgan fingerprint density at radius 3 is 2.09 bits per heavy atom. The van der Waals surface area contributed by atoms with Crippen molar-refractivity contribution in [3.05, 3.63) is 11.8 Å². The fourth-order valence-corrected chi connectivity index (χ4v) is 5.38. The van der Waals surface area contributed by atoms with Crippen molar-refractivity contribution in [3.8, 4) is 0 Å². The number of aliphatic hydroxyl groups is 2. The molecule has 0 aromatic rings. The highest BCUT2D eigenvalue weighted by atomic mass is 28.4. The number of aliphatic hydroxyl groups excluding tert-OH is 2. The van der Waals surface area contributed by atoms with E-state index >= 15 is 0 Å². The number of ether oxygens (including phenoxy) is 1. The van der Waals surface area contributed by atoms with E-state index in [-0.39, 0.29) is 16.7 Å². The summed E-state index contributed by atoms with van der Waals surface area (Å²) in [7, 11) is -4.35. The van der Waals surface area contributed by atoms with Gasteiger partial charge in [-0.15, -0.1) is 0 Å². The molecule has 3 N–H and O–H groups in total. The Hall–Kier alpha value is -0.756. The van der Waals surface area contributed by atoms with Crippen molar-refractivity contribution in [1.29, 1.82) is 0 Å². The highest BCUT2D eigenvalue weighted by molar-refractivity contribution is 6.74. The highest BCUT2D eigenvalue weighted by Crippen LogP contribution is 2.41. The summed E-state index contributed by atoms with van der Waals surface area (Å²) < 4.78 is 19.1. The number of hydrogen-bond donors (Lipinski definition) is 3. The Morgan fingerprint density at radius 1 is 1.06 bits per heavy atom. The third kappa shape index (κ3) is 5.65. The molecule has 1 unspecified atom stereocenters. The first-order valence-corrected chi connectivity index (χ1v) is 17.2. The molecule has 1 fully saturated rings. The van der Waals surface area contributed by atoms with E-state index in [0.29, 0.717) is 5.57 Å². The molecular formula is C22H44N2O6Si2. The normalized spacial score (nSPS) is 30.4. The molecule has 0 spiro atoms. The van der Waals surface area contributed by atoms with Crippen LogP contribution in [0.1, 0.15) is 48.5 Å². The smallest absolute Gasteiger partial charge is 0.325 e.